The number of ether oxygens (including phenoxy) is 1. The molecule has 0 saturated carbocycles. The molecule has 0 bridgehead atoms. The number of aryl methyl sites for hydroxylation is 2. The van der Waals surface area contributed by atoms with Gasteiger partial charge in [0, 0.05) is 32.6 Å². The van der Waals surface area contributed by atoms with Crippen molar-refractivity contribution in [3.8, 4) is 0 Å². The Bertz CT molecular complexity index is 454. The second-order valence-electron chi connectivity index (χ2n) is 5.35. The number of carbonyl (C=O) groups excluding carboxylic acids is 1. The van der Waals surface area contributed by atoms with Crippen molar-refractivity contribution < 1.29 is 9.53 Å². The lowest BCUT2D eigenvalue weighted by Gasteiger charge is -2.26. The van der Waals surface area contributed by atoms with E-state index in [4.69, 9.17) is 4.74 Å². The third-order valence-corrected chi connectivity index (χ3v) is 3.69. The summed E-state index contributed by atoms with van der Waals surface area (Å²) in [6, 6.07) is 6.47. The van der Waals surface area contributed by atoms with Gasteiger partial charge in [0.15, 0.2) is 0 Å². The highest BCUT2D eigenvalue weighted by atomic mass is 16.5. The highest BCUT2D eigenvalue weighted by Gasteiger charge is 2.15. The first kappa shape index (κ1) is 15.0. The van der Waals surface area contributed by atoms with Gasteiger partial charge in [0.2, 0.25) is 5.91 Å². The Morgan fingerprint density at radius 2 is 2.05 bits per heavy atom. The minimum atomic E-state index is 0.224. The van der Waals surface area contributed by atoms with Crippen LogP contribution in [0.2, 0.25) is 0 Å². The zero-order chi connectivity index (χ0) is 14.4. The van der Waals surface area contributed by atoms with Gasteiger partial charge in [0.25, 0.3) is 0 Å². The van der Waals surface area contributed by atoms with Crippen molar-refractivity contribution >= 4 is 5.91 Å². The first-order chi connectivity index (χ1) is 9.66. The smallest absolute Gasteiger partial charge is 0.224 e. The van der Waals surface area contributed by atoms with E-state index in [-0.39, 0.29) is 5.91 Å². The van der Waals surface area contributed by atoms with Gasteiger partial charge < -0.3 is 15.0 Å². The van der Waals surface area contributed by atoms with Crippen molar-refractivity contribution in [2.24, 2.45) is 0 Å². The predicted octanol–water partition coefficient (Wildman–Crippen LogP) is 1.64. The Labute approximate surface area is 121 Å². The van der Waals surface area contributed by atoms with Crippen LogP contribution in [0.5, 0.6) is 0 Å². The summed E-state index contributed by atoms with van der Waals surface area (Å²) in [6.07, 6.45) is 0.560. The van der Waals surface area contributed by atoms with Crippen LogP contribution in [0.25, 0.3) is 0 Å². The van der Waals surface area contributed by atoms with Crippen LogP contribution < -0.4 is 5.32 Å². The lowest BCUT2D eigenvalue weighted by molar-refractivity contribution is -0.135. The van der Waals surface area contributed by atoms with Gasteiger partial charge in [0.05, 0.1) is 13.2 Å². The Hall–Kier alpha value is -1.39. The quantitative estimate of drug-likeness (QED) is 0.831. The van der Waals surface area contributed by atoms with Gasteiger partial charge in [-0.3, -0.25) is 4.79 Å². The van der Waals surface area contributed by atoms with Crippen molar-refractivity contribution in [2.45, 2.75) is 26.8 Å². The molecule has 0 atom stereocenters. The van der Waals surface area contributed by atoms with Crippen LogP contribution in [-0.4, -0.2) is 43.7 Å². The summed E-state index contributed by atoms with van der Waals surface area (Å²) < 4.78 is 5.25. The van der Waals surface area contributed by atoms with Crippen molar-refractivity contribution in [1.82, 2.24) is 10.2 Å². The van der Waals surface area contributed by atoms with Crippen molar-refractivity contribution in [3.05, 3.63) is 34.9 Å². The molecule has 0 spiro atoms. The summed E-state index contributed by atoms with van der Waals surface area (Å²) in [7, 11) is 0. The lowest BCUT2D eigenvalue weighted by atomic mass is 10.1. The van der Waals surface area contributed by atoms with Crippen molar-refractivity contribution in [2.75, 3.05) is 32.8 Å². The number of hydrogen-bond donors (Lipinski definition) is 1. The van der Waals surface area contributed by atoms with Crippen LogP contribution in [0.4, 0.5) is 0 Å². The molecule has 0 unspecified atom stereocenters. The number of carbonyl (C=O) groups is 1. The Morgan fingerprint density at radius 3 is 2.75 bits per heavy atom. The highest BCUT2D eigenvalue weighted by Crippen LogP contribution is 2.10. The van der Waals surface area contributed by atoms with E-state index in [0.717, 1.165) is 26.2 Å². The Morgan fingerprint density at radius 1 is 1.30 bits per heavy atom. The summed E-state index contributed by atoms with van der Waals surface area (Å²) in [4.78, 5) is 13.8. The summed E-state index contributed by atoms with van der Waals surface area (Å²) >= 11 is 0. The fourth-order valence-electron chi connectivity index (χ4n) is 2.43. The second-order valence-corrected chi connectivity index (χ2v) is 5.35. The first-order valence-corrected chi connectivity index (χ1v) is 7.29. The fraction of sp³-hybridized carbons (Fsp3) is 0.562. The van der Waals surface area contributed by atoms with E-state index in [1.807, 2.05) is 4.90 Å². The molecule has 1 aromatic carbocycles. The van der Waals surface area contributed by atoms with E-state index in [0.29, 0.717) is 19.6 Å². The standard InChI is InChI=1S/C16H24N2O2/c1-13-3-4-15(14(2)11-13)12-17-6-5-16(19)18-7-9-20-10-8-18/h3-4,11,17H,5-10,12H2,1-2H3. The third-order valence-electron chi connectivity index (χ3n) is 3.69. The number of hydrogen-bond acceptors (Lipinski definition) is 3. The van der Waals surface area contributed by atoms with E-state index in [1.165, 1.54) is 16.7 Å². The maximum atomic E-state index is 12.0. The van der Waals surface area contributed by atoms with Crippen molar-refractivity contribution in [1.29, 1.82) is 0 Å². The molecule has 4 heteroatoms. The van der Waals surface area contributed by atoms with Gasteiger partial charge in [-0.2, -0.15) is 0 Å². The topological polar surface area (TPSA) is 41.6 Å². The molecule has 1 aliphatic heterocycles. The molecule has 1 aromatic rings. The molecular formula is C16H24N2O2. The number of amides is 1. The Kier molecular flexibility index (Phi) is 5.56. The molecular weight excluding hydrogens is 252 g/mol. The molecule has 0 aromatic heterocycles. The fourth-order valence-corrected chi connectivity index (χ4v) is 2.43. The van der Waals surface area contributed by atoms with Gasteiger partial charge in [-0.1, -0.05) is 23.8 Å². The van der Waals surface area contributed by atoms with Crippen LogP contribution in [0, 0.1) is 13.8 Å². The van der Waals surface area contributed by atoms with Crippen molar-refractivity contribution in [3.63, 3.8) is 0 Å². The lowest BCUT2D eigenvalue weighted by Crippen LogP contribution is -2.41. The second kappa shape index (κ2) is 7.41. The average Bonchev–Trinajstić information content (AvgIpc) is 2.46. The Balaban J connectivity index is 1.69. The SMILES string of the molecule is Cc1ccc(CNCCC(=O)N2CCOCC2)c(C)c1. The molecule has 20 heavy (non-hydrogen) atoms. The molecule has 1 N–H and O–H groups in total. The summed E-state index contributed by atoms with van der Waals surface area (Å²) in [5, 5.41) is 3.35. The number of rotatable bonds is 5. The van der Waals surface area contributed by atoms with E-state index >= 15 is 0 Å². The molecule has 1 fully saturated rings. The van der Waals surface area contributed by atoms with E-state index in [2.05, 4.69) is 37.4 Å². The summed E-state index contributed by atoms with van der Waals surface area (Å²) in [5.74, 6) is 0.224. The molecule has 0 aliphatic carbocycles. The monoisotopic (exact) mass is 276 g/mol. The van der Waals surface area contributed by atoms with Crippen LogP contribution >= 0.6 is 0 Å². The van der Waals surface area contributed by atoms with Crippen LogP contribution in [0.3, 0.4) is 0 Å². The third kappa shape index (κ3) is 4.32. The molecule has 110 valence electrons. The summed E-state index contributed by atoms with van der Waals surface area (Å²) in [6.45, 7) is 8.58. The normalized spacial score (nSPS) is 15.4. The average molecular weight is 276 g/mol. The number of nitrogens with one attached hydrogen (secondary N) is 1. The number of nitrogens with zero attached hydrogens (tertiary/aromatic N) is 1. The van der Waals surface area contributed by atoms with E-state index in [9.17, 15) is 4.79 Å². The molecule has 0 radical (unpaired) electrons. The summed E-state index contributed by atoms with van der Waals surface area (Å²) in [5.41, 5.74) is 3.89. The predicted molar refractivity (Wildman–Crippen MR) is 79.6 cm³/mol. The highest BCUT2D eigenvalue weighted by molar-refractivity contribution is 5.76. The number of morpholine rings is 1. The molecule has 1 saturated heterocycles. The zero-order valence-electron chi connectivity index (χ0n) is 12.4. The van der Waals surface area contributed by atoms with Gasteiger partial charge in [-0.05, 0) is 25.0 Å². The number of benzene rings is 1. The van der Waals surface area contributed by atoms with Gasteiger partial charge in [0.1, 0.15) is 0 Å². The van der Waals surface area contributed by atoms with Gasteiger partial charge >= 0.3 is 0 Å². The zero-order valence-corrected chi connectivity index (χ0v) is 12.4. The minimum Gasteiger partial charge on any atom is -0.378 e. The molecule has 1 heterocycles. The molecule has 2 rings (SSSR count). The van der Waals surface area contributed by atoms with Crippen LogP contribution in [0.1, 0.15) is 23.1 Å². The van der Waals surface area contributed by atoms with Crippen LogP contribution in [0.15, 0.2) is 18.2 Å². The first-order valence-electron chi connectivity index (χ1n) is 7.29. The molecule has 4 nitrogen and oxygen atoms in total. The molecule has 1 amide bonds. The largest absolute Gasteiger partial charge is 0.378 e. The van der Waals surface area contributed by atoms with E-state index < -0.39 is 0 Å². The van der Waals surface area contributed by atoms with Gasteiger partial charge in [-0.25, -0.2) is 0 Å². The molecule has 1 aliphatic rings. The minimum absolute atomic E-state index is 0.224. The van der Waals surface area contributed by atoms with E-state index in [1.54, 1.807) is 0 Å². The maximum Gasteiger partial charge on any atom is 0.224 e. The maximum absolute atomic E-state index is 12.0. The van der Waals surface area contributed by atoms with Crippen LogP contribution in [-0.2, 0) is 16.1 Å². The van der Waals surface area contributed by atoms with Gasteiger partial charge in [-0.15, -0.1) is 0 Å².